The van der Waals surface area contributed by atoms with Gasteiger partial charge in [-0.1, -0.05) is 35.5 Å². The summed E-state index contributed by atoms with van der Waals surface area (Å²) in [6.07, 6.45) is 2.37. The van der Waals surface area contributed by atoms with E-state index < -0.39 is 0 Å². The minimum atomic E-state index is -0.0625. The first-order valence-electron chi connectivity index (χ1n) is 10.4. The molecular formula is C24H23ClN4O3S. The number of rotatable bonds is 10. The van der Waals surface area contributed by atoms with Gasteiger partial charge in [-0.2, -0.15) is 0 Å². The van der Waals surface area contributed by atoms with Gasteiger partial charge in [-0.25, -0.2) is 0 Å². The third kappa shape index (κ3) is 6.18. The summed E-state index contributed by atoms with van der Waals surface area (Å²) in [5.74, 6) is 2.41. The molecule has 2 aromatic carbocycles. The molecule has 2 aromatic heterocycles. The lowest BCUT2D eigenvalue weighted by molar-refractivity contribution is -0.118. The highest BCUT2D eigenvalue weighted by atomic mass is 35.5. The largest absolute Gasteiger partial charge is 0.497 e. The van der Waals surface area contributed by atoms with Crippen molar-refractivity contribution in [3.05, 3.63) is 83.3 Å². The number of furan rings is 1. The van der Waals surface area contributed by atoms with Gasteiger partial charge < -0.3 is 14.5 Å². The fourth-order valence-electron chi connectivity index (χ4n) is 3.23. The molecule has 0 aliphatic rings. The summed E-state index contributed by atoms with van der Waals surface area (Å²) in [5.41, 5.74) is 2.02. The van der Waals surface area contributed by atoms with Gasteiger partial charge in [0.2, 0.25) is 5.91 Å². The molecule has 0 fully saturated rings. The Labute approximate surface area is 201 Å². The molecule has 0 radical (unpaired) electrons. The van der Waals surface area contributed by atoms with Crippen LogP contribution in [0.3, 0.4) is 0 Å². The maximum absolute atomic E-state index is 12.4. The molecule has 7 nitrogen and oxygen atoms in total. The van der Waals surface area contributed by atoms with Crippen molar-refractivity contribution in [1.29, 1.82) is 0 Å². The zero-order valence-electron chi connectivity index (χ0n) is 18.0. The van der Waals surface area contributed by atoms with Crippen molar-refractivity contribution < 1.29 is 13.9 Å². The van der Waals surface area contributed by atoms with Gasteiger partial charge in [0.25, 0.3) is 0 Å². The molecule has 4 aromatic rings. The molecule has 4 rings (SSSR count). The molecule has 170 valence electrons. The maximum Gasteiger partial charge on any atom is 0.230 e. The Morgan fingerprint density at radius 3 is 2.61 bits per heavy atom. The first-order chi connectivity index (χ1) is 16.1. The number of hydrogen-bond donors (Lipinski definition) is 1. The van der Waals surface area contributed by atoms with Gasteiger partial charge in [0, 0.05) is 17.1 Å². The number of hydrogen-bond acceptors (Lipinski definition) is 6. The number of amides is 1. The average Bonchev–Trinajstić information content (AvgIpc) is 3.49. The summed E-state index contributed by atoms with van der Waals surface area (Å²) in [5, 5.41) is 13.0. The van der Waals surface area contributed by atoms with Crippen LogP contribution in [-0.2, 0) is 17.8 Å². The smallest absolute Gasteiger partial charge is 0.230 e. The van der Waals surface area contributed by atoms with Crippen LogP contribution in [0.1, 0.15) is 11.3 Å². The van der Waals surface area contributed by atoms with Crippen LogP contribution in [0.4, 0.5) is 0 Å². The molecule has 2 heterocycles. The van der Waals surface area contributed by atoms with Crippen LogP contribution >= 0.6 is 23.4 Å². The third-order valence-electron chi connectivity index (χ3n) is 4.94. The molecular weight excluding hydrogens is 460 g/mol. The topological polar surface area (TPSA) is 82.2 Å². The monoisotopic (exact) mass is 482 g/mol. The first kappa shape index (κ1) is 22.9. The van der Waals surface area contributed by atoms with E-state index in [9.17, 15) is 4.79 Å². The van der Waals surface area contributed by atoms with Gasteiger partial charge in [0.15, 0.2) is 11.0 Å². The summed E-state index contributed by atoms with van der Waals surface area (Å²) >= 11 is 7.25. The van der Waals surface area contributed by atoms with Crippen LogP contribution < -0.4 is 10.1 Å². The van der Waals surface area contributed by atoms with Crippen LogP contribution in [0, 0.1) is 0 Å². The Hall–Kier alpha value is -3.23. The second-order valence-corrected chi connectivity index (χ2v) is 8.59. The lowest BCUT2D eigenvalue weighted by Crippen LogP contribution is -2.27. The highest BCUT2D eigenvalue weighted by Crippen LogP contribution is 2.26. The molecule has 0 bridgehead atoms. The van der Waals surface area contributed by atoms with E-state index in [1.165, 1.54) is 11.8 Å². The number of halogens is 1. The molecule has 0 atom stereocenters. The summed E-state index contributed by atoms with van der Waals surface area (Å²) in [6, 6.07) is 19.0. The minimum absolute atomic E-state index is 0.0625. The van der Waals surface area contributed by atoms with E-state index in [0.717, 1.165) is 29.1 Å². The van der Waals surface area contributed by atoms with Gasteiger partial charge >= 0.3 is 0 Å². The average molecular weight is 483 g/mol. The van der Waals surface area contributed by atoms with Crippen LogP contribution in [0.15, 0.2) is 76.5 Å². The molecule has 1 N–H and O–H groups in total. The Bertz CT molecular complexity index is 1180. The Kier molecular flexibility index (Phi) is 7.70. The molecule has 0 unspecified atom stereocenters. The van der Waals surface area contributed by atoms with Crippen LogP contribution in [0.25, 0.3) is 11.4 Å². The van der Waals surface area contributed by atoms with E-state index >= 15 is 0 Å². The van der Waals surface area contributed by atoms with Crippen molar-refractivity contribution in [2.75, 3.05) is 19.4 Å². The summed E-state index contributed by atoms with van der Waals surface area (Å²) < 4.78 is 12.7. The van der Waals surface area contributed by atoms with E-state index in [2.05, 4.69) is 15.5 Å². The maximum atomic E-state index is 12.4. The Morgan fingerprint density at radius 1 is 1.12 bits per heavy atom. The van der Waals surface area contributed by atoms with Crippen LogP contribution in [0.5, 0.6) is 5.75 Å². The number of ether oxygens (including phenoxy) is 1. The van der Waals surface area contributed by atoms with E-state index in [1.54, 1.807) is 13.4 Å². The Balaban J connectivity index is 1.41. The lowest BCUT2D eigenvalue weighted by atomic mass is 10.1. The molecule has 0 saturated heterocycles. The molecule has 0 spiro atoms. The fraction of sp³-hybridized carbons (Fsp3) is 0.208. The molecule has 0 saturated carbocycles. The van der Waals surface area contributed by atoms with Gasteiger partial charge in [-0.3, -0.25) is 9.36 Å². The number of benzene rings is 2. The number of nitrogens with one attached hydrogen (secondary N) is 1. The van der Waals surface area contributed by atoms with Crippen molar-refractivity contribution in [3.8, 4) is 17.1 Å². The van der Waals surface area contributed by atoms with Gasteiger partial charge in [-0.05, 0) is 60.5 Å². The number of thioether (sulfide) groups is 1. The number of methoxy groups -OCH3 is 1. The molecule has 33 heavy (non-hydrogen) atoms. The van der Waals surface area contributed by atoms with Crippen molar-refractivity contribution >= 4 is 29.3 Å². The van der Waals surface area contributed by atoms with Gasteiger partial charge in [-0.15, -0.1) is 10.2 Å². The van der Waals surface area contributed by atoms with Crippen LogP contribution in [0.2, 0.25) is 5.02 Å². The quantitative estimate of drug-likeness (QED) is 0.330. The molecule has 0 aliphatic heterocycles. The van der Waals surface area contributed by atoms with E-state index in [-0.39, 0.29) is 11.7 Å². The molecule has 0 aliphatic carbocycles. The zero-order valence-corrected chi connectivity index (χ0v) is 19.6. The van der Waals surface area contributed by atoms with E-state index in [0.29, 0.717) is 29.1 Å². The fourth-order valence-corrected chi connectivity index (χ4v) is 4.12. The number of carbonyl (C=O) groups excluding carboxylic acids is 1. The van der Waals surface area contributed by atoms with E-state index in [4.69, 9.17) is 20.8 Å². The zero-order chi connectivity index (χ0) is 23.0. The van der Waals surface area contributed by atoms with Crippen molar-refractivity contribution in [2.45, 2.75) is 18.1 Å². The molecule has 1 amide bonds. The standard InChI is InChI=1S/C24H23ClN4O3S/c1-31-20-10-6-18(7-11-20)23-27-28-24(29(23)15-21-3-2-14-32-21)33-16-22(30)26-13-12-17-4-8-19(25)9-5-17/h2-11,14H,12-13,15-16H2,1H3,(H,26,30). The lowest BCUT2D eigenvalue weighted by Gasteiger charge is -2.10. The number of aromatic nitrogens is 3. The van der Waals surface area contributed by atoms with Gasteiger partial charge in [0.1, 0.15) is 11.5 Å². The van der Waals surface area contributed by atoms with Gasteiger partial charge in [0.05, 0.1) is 25.7 Å². The normalized spacial score (nSPS) is 10.8. The molecule has 9 heteroatoms. The third-order valence-corrected chi connectivity index (χ3v) is 6.16. The summed E-state index contributed by atoms with van der Waals surface area (Å²) in [6.45, 7) is 1.01. The minimum Gasteiger partial charge on any atom is -0.497 e. The summed E-state index contributed by atoms with van der Waals surface area (Å²) in [4.78, 5) is 12.4. The first-order valence-corrected chi connectivity index (χ1v) is 11.7. The van der Waals surface area contributed by atoms with Crippen molar-refractivity contribution in [2.24, 2.45) is 0 Å². The highest BCUT2D eigenvalue weighted by Gasteiger charge is 2.17. The van der Waals surface area contributed by atoms with Crippen LogP contribution in [-0.4, -0.2) is 40.1 Å². The predicted octanol–water partition coefficient (Wildman–Crippen LogP) is 4.70. The van der Waals surface area contributed by atoms with Crippen molar-refractivity contribution in [3.63, 3.8) is 0 Å². The number of nitrogens with zero attached hydrogens (tertiary/aromatic N) is 3. The van der Waals surface area contributed by atoms with E-state index in [1.807, 2.05) is 65.2 Å². The second-order valence-electron chi connectivity index (χ2n) is 7.22. The van der Waals surface area contributed by atoms with Crippen molar-refractivity contribution in [1.82, 2.24) is 20.1 Å². The predicted molar refractivity (Wildman–Crippen MR) is 129 cm³/mol. The number of carbonyl (C=O) groups is 1. The SMILES string of the molecule is COc1ccc(-c2nnc(SCC(=O)NCCc3ccc(Cl)cc3)n2Cc2ccco2)cc1. The Morgan fingerprint density at radius 2 is 1.91 bits per heavy atom. The summed E-state index contributed by atoms with van der Waals surface area (Å²) in [7, 11) is 1.63. The highest BCUT2D eigenvalue weighted by molar-refractivity contribution is 7.99. The second kappa shape index (κ2) is 11.1.